The normalized spacial score (nSPS) is 10.4. The fourth-order valence-corrected chi connectivity index (χ4v) is 1.37. The molecule has 0 saturated heterocycles. The van der Waals surface area contributed by atoms with Crippen LogP contribution in [-0.4, -0.2) is 11.9 Å². The van der Waals surface area contributed by atoms with Gasteiger partial charge in [0.15, 0.2) is 0 Å². The number of carbonyl (C=O) groups is 2. The number of aliphatic carboxylic acids is 1. The maximum Gasteiger partial charge on any atom is 0.248 e. The number of hydrogen-bond acceptors (Lipinski definition) is 3. The first-order valence-corrected chi connectivity index (χ1v) is 4.76. The van der Waals surface area contributed by atoms with Crippen LogP contribution < -0.4 is 10.4 Å². The molecule has 84 valence electrons. The number of benzene rings is 1. The molecule has 0 heterocycles. The standard InChI is InChI=1S/C12H13NO3/c1-8-5-9(2)7-10(6-8)13-11(14)3-4-12(15)16/h3-7H,1-2H3,(H,13,14)(H,15,16)/p-1. The lowest BCUT2D eigenvalue weighted by molar-refractivity contribution is -0.297. The zero-order valence-electron chi connectivity index (χ0n) is 9.11. The molecule has 16 heavy (non-hydrogen) atoms. The Bertz CT molecular complexity index is 429. The molecule has 0 fully saturated rings. The van der Waals surface area contributed by atoms with Crippen LogP contribution in [-0.2, 0) is 9.59 Å². The van der Waals surface area contributed by atoms with E-state index in [1.807, 2.05) is 19.9 Å². The molecule has 0 saturated carbocycles. The molecule has 4 nitrogen and oxygen atoms in total. The Kier molecular flexibility index (Phi) is 3.83. The molecular weight excluding hydrogens is 206 g/mol. The quantitative estimate of drug-likeness (QED) is 0.753. The molecule has 0 unspecified atom stereocenters. The minimum Gasteiger partial charge on any atom is -0.545 e. The van der Waals surface area contributed by atoms with Crippen molar-refractivity contribution in [2.45, 2.75) is 13.8 Å². The van der Waals surface area contributed by atoms with E-state index in [9.17, 15) is 14.7 Å². The molecule has 0 aliphatic heterocycles. The van der Waals surface area contributed by atoms with E-state index in [0.29, 0.717) is 11.8 Å². The van der Waals surface area contributed by atoms with E-state index in [4.69, 9.17) is 0 Å². The lowest BCUT2D eigenvalue weighted by Crippen LogP contribution is -2.20. The van der Waals surface area contributed by atoms with Gasteiger partial charge in [-0.25, -0.2) is 0 Å². The van der Waals surface area contributed by atoms with E-state index < -0.39 is 11.9 Å². The lowest BCUT2D eigenvalue weighted by atomic mass is 10.1. The van der Waals surface area contributed by atoms with Gasteiger partial charge in [0, 0.05) is 11.8 Å². The van der Waals surface area contributed by atoms with Crippen LogP contribution in [0.4, 0.5) is 5.69 Å². The summed E-state index contributed by atoms with van der Waals surface area (Å²) in [6, 6.07) is 5.59. The maximum atomic E-state index is 11.3. The summed E-state index contributed by atoms with van der Waals surface area (Å²) in [5.41, 5.74) is 2.70. The second-order valence-corrected chi connectivity index (χ2v) is 3.52. The van der Waals surface area contributed by atoms with Gasteiger partial charge < -0.3 is 15.2 Å². The Morgan fingerprint density at radius 2 is 1.69 bits per heavy atom. The molecule has 0 spiro atoms. The summed E-state index contributed by atoms with van der Waals surface area (Å²) in [7, 11) is 0. The largest absolute Gasteiger partial charge is 0.545 e. The van der Waals surface area contributed by atoms with Crippen LogP contribution in [0.25, 0.3) is 0 Å². The van der Waals surface area contributed by atoms with Crippen LogP contribution in [0.1, 0.15) is 11.1 Å². The third-order valence-electron chi connectivity index (χ3n) is 1.86. The summed E-state index contributed by atoms with van der Waals surface area (Å²) >= 11 is 0. The summed E-state index contributed by atoms with van der Waals surface area (Å²) in [6.45, 7) is 3.83. The summed E-state index contributed by atoms with van der Waals surface area (Å²) in [4.78, 5) is 21.3. The van der Waals surface area contributed by atoms with Crippen molar-refractivity contribution in [3.63, 3.8) is 0 Å². The Hall–Kier alpha value is -2.10. The second-order valence-electron chi connectivity index (χ2n) is 3.52. The molecule has 1 aromatic carbocycles. The summed E-state index contributed by atoms with van der Waals surface area (Å²) < 4.78 is 0. The number of hydrogen-bond donors (Lipinski definition) is 1. The summed E-state index contributed by atoms with van der Waals surface area (Å²) in [5.74, 6) is -1.88. The van der Waals surface area contributed by atoms with Gasteiger partial charge in [-0.3, -0.25) is 4.79 Å². The molecule has 1 N–H and O–H groups in total. The average Bonchev–Trinajstić information content (AvgIpc) is 2.12. The van der Waals surface area contributed by atoms with E-state index in [2.05, 4.69) is 5.32 Å². The molecule has 1 aromatic rings. The van der Waals surface area contributed by atoms with Gasteiger partial charge in [-0.05, 0) is 43.2 Å². The minimum absolute atomic E-state index is 0.491. The first kappa shape index (κ1) is 12.0. The summed E-state index contributed by atoms with van der Waals surface area (Å²) in [6.07, 6.45) is 1.62. The van der Waals surface area contributed by atoms with Crippen LogP contribution in [0.2, 0.25) is 0 Å². The van der Waals surface area contributed by atoms with Gasteiger partial charge in [-0.1, -0.05) is 6.07 Å². The van der Waals surface area contributed by atoms with Crippen molar-refractivity contribution in [3.05, 3.63) is 41.5 Å². The van der Waals surface area contributed by atoms with Gasteiger partial charge in [0.2, 0.25) is 5.91 Å². The number of amides is 1. The highest BCUT2D eigenvalue weighted by molar-refractivity contribution is 6.02. The van der Waals surface area contributed by atoms with Crippen LogP contribution in [0, 0.1) is 13.8 Å². The van der Waals surface area contributed by atoms with Crippen molar-refractivity contribution in [3.8, 4) is 0 Å². The molecule has 1 rings (SSSR count). The van der Waals surface area contributed by atoms with Crippen molar-refractivity contribution in [2.75, 3.05) is 5.32 Å². The van der Waals surface area contributed by atoms with Crippen molar-refractivity contribution >= 4 is 17.6 Å². The average molecular weight is 218 g/mol. The first-order valence-electron chi connectivity index (χ1n) is 4.76. The van der Waals surface area contributed by atoms with E-state index >= 15 is 0 Å². The lowest BCUT2D eigenvalue weighted by Gasteiger charge is -2.05. The van der Waals surface area contributed by atoms with E-state index in [-0.39, 0.29) is 0 Å². The zero-order valence-corrected chi connectivity index (χ0v) is 9.11. The van der Waals surface area contributed by atoms with Crippen molar-refractivity contribution in [1.29, 1.82) is 0 Å². The Balaban J connectivity index is 2.73. The number of aryl methyl sites for hydroxylation is 2. The molecular formula is C12H12NO3-. The molecule has 0 aromatic heterocycles. The fourth-order valence-electron chi connectivity index (χ4n) is 1.37. The molecule has 0 aliphatic rings. The number of anilines is 1. The predicted molar refractivity (Wildman–Crippen MR) is 58.7 cm³/mol. The molecule has 1 amide bonds. The van der Waals surface area contributed by atoms with Crippen LogP contribution in [0.3, 0.4) is 0 Å². The minimum atomic E-state index is -1.39. The predicted octanol–water partition coefficient (Wildman–Crippen LogP) is 0.548. The Morgan fingerprint density at radius 1 is 1.12 bits per heavy atom. The highest BCUT2D eigenvalue weighted by Crippen LogP contribution is 2.13. The van der Waals surface area contributed by atoms with Crippen LogP contribution >= 0.6 is 0 Å². The number of carboxylic acid groups (broad SMARTS) is 1. The molecule has 0 atom stereocenters. The second kappa shape index (κ2) is 5.11. The number of carbonyl (C=O) groups excluding carboxylic acids is 2. The maximum absolute atomic E-state index is 11.3. The van der Waals surface area contributed by atoms with E-state index in [1.165, 1.54) is 0 Å². The van der Waals surface area contributed by atoms with Gasteiger partial charge in [0.05, 0.1) is 5.97 Å². The third-order valence-corrected chi connectivity index (χ3v) is 1.86. The van der Waals surface area contributed by atoms with Gasteiger partial charge >= 0.3 is 0 Å². The molecule has 0 radical (unpaired) electrons. The van der Waals surface area contributed by atoms with E-state index in [1.54, 1.807) is 12.1 Å². The van der Waals surface area contributed by atoms with Gasteiger partial charge in [-0.2, -0.15) is 0 Å². The highest BCUT2D eigenvalue weighted by Gasteiger charge is 1.99. The fraction of sp³-hybridized carbons (Fsp3) is 0.167. The van der Waals surface area contributed by atoms with Crippen LogP contribution in [0.15, 0.2) is 30.4 Å². The molecule has 0 aliphatic carbocycles. The third kappa shape index (κ3) is 3.96. The molecule has 4 heteroatoms. The smallest absolute Gasteiger partial charge is 0.248 e. The number of carboxylic acids is 1. The van der Waals surface area contributed by atoms with E-state index in [0.717, 1.165) is 17.2 Å². The monoisotopic (exact) mass is 218 g/mol. The van der Waals surface area contributed by atoms with Crippen molar-refractivity contribution in [1.82, 2.24) is 0 Å². The Morgan fingerprint density at radius 3 is 2.19 bits per heavy atom. The topological polar surface area (TPSA) is 69.2 Å². The first-order chi connectivity index (χ1) is 7.47. The van der Waals surface area contributed by atoms with Crippen LogP contribution in [0.5, 0.6) is 0 Å². The zero-order chi connectivity index (χ0) is 12.1. The number of nitrogens with one attached hydrogen (secondary N) is 1. The Labute approximate surface area is 93.6 Å². The SMILES string of the molecule is Cc1cc(C)cc(NC(=O)C=CC(=O)[O-])c1. The van der Waals surface area contributed by atoms with Gasteiger partial charge in [0.1, 0.15) is 0 Å². The highest BCUT2D eigenvalue weighted by atomic mass is 16.4. The van der Waals surface area contributed by atoms with Crippen molar-refractivity contribution in [2.24, 2.45) is 0 Å². The summed E-state index contributed by atoms with van der Waals surface area (Å²) in [5, 5.41) is 12.6. The molecule has 0 bridgehead atoms. The van der Waals surface area contributed by atoms with Gasteiger partial charge in [0.25, 0.3) is 0 Å². The number of rotatable bonds is 3. The van der Waals surface area contributed by atoms with Crippen molar-refractivity contribution < 1.29 is 14.7 Å². The van der Waals surface area contributed by atoms with Gasteiger partial charge in [-0.15, -0.1) is 0 Å².